The number of hydrogen-bond acceptors (Lipinski definition) is 7. The summed E-state index contributed by atoms with van der Waals surface area (Å²) in [5.74, 6) is 4.02. The molecule has 0 unspecified atom stereocenters. The van der Waals surface area contributed by atoms with E-state index >= 15 is 0 Å². The van der Waals surface area contributed by atoms with Gasteiger partial charge in [0, 0.05) is 23.9 Å². The molecule has 0 saturated carbocycles. The number of aromatic nitrogens is 2. The Kier molecular flexibility index (Phi) is 5.57. The molecule has 1 aliphatic heterocycles. The summed E-state index contributed by atoms with van der Waals surface area (Å²) in [6, 6.07) is 7.06. The molecule has 140 valence electrons. The van der Waals surface area contributed by atoms with Gasteiger partial charge in [0.05, 0.1) is 30.7 Å². The fourth-order valence-electron chi connectivity index (χ4n) is 3.03. The molecule has 2 aromatic rings. The monoisotopic (exact) mass is 365 g/mol. The topological polar surface area (TPSA) is 97.4 Å². The summed E-state index contributed by atoms with van der Waals surface area (Å²) in [5, 5.41) is 8.57. The molecule has 1 aromatic carbocycles. The highest BCUT2D eigenvalue weighted by atomic mass is 16.5. The summed E-state index contributed by atoms with van der Waals surface area (Å²) in [5.41, 5.74) is 7.84. The molecule has 7 nitrogen and oxygen atoms in total. The van der Waals surface area contributed by atoms with Crippen molar-refractivity contribution in [1.82, 2.24) is 9.97 Å². The van der Waals surface area contributed by atoms with E-state index in [9.17, 15) is 0 Å². The second-order valence-electron chi connectivity index (χ2n) is 6.33. The van der Waals surface area contributed by atoms with Crippen molar-refractivity contribution in [2.24, 2.45) is 0 Å². The second kappa shape index (κ2) is 8.06. The standard InChI is InChI=1S/C20H23N5O2/c1-4-14-11-25(10-13(3)27-14)19-9-18(23-12-24-19)20(22)16-8-15(26-5-2)6-7-17(16)21/h1,6-9,12-14,22H,5,10-11,21H2,2-3H3/t13-,14+/m1/s1. The van der Waals surface area contributed by atoms with Crippen molar-refractivity contribution < 1.29 is 9.47 Å². The lowest BCUT2D eigenvalue weighted by molar-refractivity contribution is 0.0151. The zero-order chi connectivity index (χ0) is 19.4. The first-order valence-electron chi connectivity index (χ1n) is 8.82. The van der Waals surface area contributed by atoms with Crippen LogP contribution in [-0.2, 0) is 4.74 Å². The van der Waals surface area contributed by atoms with E-state index in [1.54, 1.807) is 24.3 Å². The average molecular weight is 365 g/mol. The van der Waals surface area contributed by atoms with Crippen molar-refractivity contribution in [2.75, 3.05) is 30.3 Å². The quantitative estimate of drug-likeness (QED) is 0.478. The molecule has 2 atom stereocenters. The lowest BCUT2D eigenvalue weighted by Crippen LogP contribution is -2.46. The first-order valence-corrected chi connectivity index (χ1v) is 8.82. The molecule has 3 rings (SSSR count). The summed E-state index contributed by atoms with van der Waals surface area (Å²) < 4.78 is 11.2. The number of hydrogen-bond donors (Lipinski definition) is 2. The average Bonchev–Trinajstić information content (AvgIpc) is 2.68. The Hall–Kier alpha value is -3.11. The molecule has 2 heterocycles. The number of nitrogens with zero attached hydrogens (tertiary/aromatic N) is 3. The van der Waals surface area contributed by atoms with Crippen molar-refractivity contribution in [3.8, 4) is 18.1 Å². The number of ether oxygens (including phenoxy) is 2. The summed E-state index contributed by atoms with van der Waals surface area (Å²) in [7, 11) is 0. The number of terminal acetylenes is 1. The SMILES string of the molecule is C#C[C@H]1CN(c2cc(C(=N)c3cc(OCC)ccc3N)ncn2)C[C@@H](C)O1. The Bertz CT molecular complexity index is 877. The zero-order valence-electron chi connectivity index (χ0n) is 15.5. The van der Waals surface area contributed by atoms with Crippen LogP contribution < -0.4 is 15.4 Å². The lowest BCUT2D eigenvalue weighted by atomic mass is 10.0. The Balaban J connectivity index is 1.88. The Morgan fingerprint density at radius 2 is 2.22 bits per heavy atom. The molecule has 0 radical (unpaired) electrons. The van der Waals surface area contributed by atoms with Gasteiger partial charge < -0.3 is 20.1 Å². The third-order valence-corrected chi connectivity index (χ3v) is 4.28. The van der Waals surface area contributed by atoms with Gasteiger partial charge in [0.25, 0.3) is 0 Å². The van der Waals surface area contributed by atoms with Crippen LogP contribution in [0, 0.1) is 17.8 Å². The minimum Gasteiger partial charge on any atom is -0.494 e. The third kappa shape index (κ3) is 4.18. The van der Waals surface area contributed by atoms with Gasteiger partial charge in [-0.25, -0.2) is 9.97 Å². The van der Waals surface area contributed by atoms with Gasteiger partial charge in [-0.1, -0.05) is 5.92 Å². The molecule has 7 heteroatoms. The number of nitrogens with one attached hydrogen (secondary N) is 1. The molecule has 1 fully saturated rings. The molecule has 0 amide bonds. The van der Waals surface area contributed by atoms with Gasteiger partial charge in [0.1, 0.15) is 24.0 Å². The van der Waals surface area contributed by atoms with E-state index in [-0.39, 0.29) is 17.9 Å². The van der Waals surface area contributed by atoms with Crippen molar-refractivity contribution in [2.45, 2.75) is 26.1 Å². The van der Waals surface area contributed by atoms with Crippen LogP contribution in [0.15, 0.2) is 30.6 Å². The molecule has 0 aliphatic carbocycles. The van der Waals surface area contributed by atoms with Crippen molar-refractivity contribution >= 4 is 17.2 Å². The largest absolute Gasteiger partial charge is 0.494 e. The van der Waals surface area contributed by atoms with Crippen molar-refractivity contribution in [3.05, 3.63) is 41.9 Å². The molecule has 1 aliphatic rings. The fourth-order valence-corrected chi connectivity index (χ4v) is 3.03. The summed E-state index contributed by atoms with van der Waals surface area (Å²) in [6.45, 7) is 5.64. The fraction of sp³-hybridized carbons (Fsp3) is 0.350. The highest BCUT2D eigenvalue weighted by molar-refractivity contribution is 6.13. The minimum absolute atomic E-state index is 0.00353. The minimum atomic E-state index is -0.287. The van der Waals surface area contributed by atoms with E-state index < -0.39 is 0 Å². The van der Waals surface area contributed by atoms with Crippen LogP contribution in [-0.4, -0.2) is 47.6 Å². The van der Waals surface area contributed by atoms with Crippen LogP contribution in [0.5, 0.6) is 5.75 Å². The van der Waals surface area contributed by atoms with E-state index in [1.165, 1.54) is 6.33 Å². The molecular weight excluding hydrogens is 342 g/mol. The molecule has 27 heavy (non-hydrogen) atoms. The number of benzene rings is 1. The zero-order valence-corrected chi connectivity index (χ0v) is 15.5. The maximum atomic E-state index is 8.57. The maximum Gasteiger partial charge on any atom is 0.135 e. The predicted molar refractivity (Wildman–Crippen MR) is 105 cm³/mol. The molecule has 1 saturated heterocycles. The summed E-state index contributed by atoms with van der Waals surface area (Å²) in [6.07, 6.45) is 6.68. The second-order valence-corrected chi connectivity index (χ2v) is 6.33. The van der Waals surface area contributed by atoms with E-state index in [2.05, 4.69) is 20.8 Å². The Morgan fingerprint density at radius 3 is 2.96 bits per heavy atom. The van der Waals surface area contributed by atoms with E-state index in [4.69, 9.17) is 27.0 Å². The van der Waals surface area contributed by atoms with E-state index in [0.29, 0.717) is 48.2 Å². The molecule has 0 bridgehead atoms. The van der Waals surface area contributed by atoms with Crippen LogP contribution in [0.4, 0.5) is 11.5 Å². The van der Waals surface area contributed by atoms with Crippen LogP contribution >= 0.6 is 0 Å². The number of rotatable bonds is 5. The molecular formula is C20H23N5O2. The Morgan fingerprint density at radius 1 is 1.41 bits per heavy atom. The number of anilines is 2. The van der Waals surface area contributed by atoms with Gasteiger partial charge in [0.15, 0.2) is 0 Å². The van der Waals surface area contributed by atoms with Crippen molar-refractivity contribution in [1.29, 1.82) is 5.41 Å². The Labute approximate surface area is 159 Å². The van der Waals surface area contributed by atoms with E-state index in [0.717, 1.165) is 0 Å². The van der Waals surface area contributed by atoms with Crippen LogP contribution in [0.1, 0.15) is 25.1 Å². The highest BCUT2D eigenvalue weighted by Gasteiger charge is 2.25. The number of nitrogen functional groups attached to an aromatic ring is 1. The van der Waals surface area contributed by atoms with Crippen molar-refractivity contribution in [3.63, 3.8) is 0 Å². The van der Waals surface area contributed by atoms with Gasteiger partial charge in [-0.15, -0.1) is 6.42 Å². The number of nitrogens with two attached hydrogens (primary N) is 1. The predicted octanol–water partition coefficient (Wildman–Crippen LogP) is 2.10. The summed E-state index contributed by atoms with van der Waals surface area (Å²) >= 11 is 0. The molecule has 0 spiro atoms. The number of morpholine rings is 1. The summed E-state index contributed by atoms with van der Waals surface area (Å²) in [4.78, 5) is 10.7. The van der Waals surface area contributed by atoms with Gasteiger partial charge in [0.2, 0.25) is 0 Å². The molecule has 3 N–H and O–H groups in total. The smallest absolute Gasteiger partial charge is 0.135 e. The van der Waals surface area contributed by atoms with Crippen LogP contribution in [0.2, 0.25) is 0 Å². The normalized spacial score (nSPS) is 19.4. The third-order valence-electron chi connectivity index (χ3n) is 4.28. The lowest BCUT2D eigenvalue weighted by Gasteiger charge is -2.35. The van der Waals surface area contributed by atoms with E-state index in [1.807, 2.05) is 13.8 Å². The van der Waals surface area contributed by atoms with Crippen LogP contribution in [0.25, 0.3) is 0 Å². The van der Waals surface area contributed by atoms with Crippen LogP contribution in [0.3, 0.4) is 0 Å². The van der Waals surface area contributed by atoms with Gasteiger partial charge >= 0.3 is 0 Å². The van der Waals surface area contributed by atoms with Gasteiger partial charge in [-0.3, -0.25) is 5.41 Å². The van der Waals surface area contributed by atoms with Gasteiger partial charge in [-0.2, -0.15) is 0 Å². The van der Waals surface area contributed by atoms with Gasteiger partial charge in [-0.05, 0) is 32.0 Å². The highest BCUT2D eigenvalue weighted by Crippen LogP contribution is 2.24. The first kappa shape index (κ1) is 18.7. The molecule has 1 aromatic heterocycles. The maximum absolute atomic E-state index is 8.57. The first-order chi connectivity index (χ1) is 13.0.